The third kappa shape index (κ3) is 6.51. The first-order chi connectivity index (χ1) is 13.4. The average Bonchev–Trinajstić information content (AvgIpc) is 2.68. The second-order valence-electron chi connectivity index (χ2n) is 6.52. The third-order valence-electron chi connectivity index (χ3n) is 4.47. The highest BCUT2D eigenvalue weighted by Crippen LogP contribution is 2.19. The highest BCUT2D eigenvalue weighted by atomic mass is 16.4. The van der Waals surface area contributed by atoms with Crippen LogP contribution in [0.3, 0.4) is 0 Å². The van der Waals surface area contributed by atoms with E-state index in [1.54, 1.807) is 0 Å². The minimum absolute atomic E-state index is 0.0909. The number of benzene rings is 2. The third-order valence-corrected chi connectivity index (χ3v) is 4.47. The van der Waals surface area contributed by atoms with Gasteiger partial charge in [-0.1, -0.05) is 42.5 Å². The molecule has 28 heavy (non-hydrogen) atoms. The van der Waals surface area contributed by atoms with Crippen LogP contribution < -0.4 is 5.32 Å². The van der Waals surface area contributed by atoms with E-state index in [1.807, 2.05) is 31.2 Å². The molecule has 0 atom stereocenters. The van der Waals surface area contributed by atoms with Gasteiger partial charge in [0, 0.05) is 31.7 Å². The summed E-state index contributed by atoms with van der Waals surface area (Å²) < 4.78 is 0. The summed E-state index contributed by atoms with van der Waals surface area (Å²) >= 11 is 0. The van der Waals surface area contributed by atoms with Gasteiger partial charge in [0.15, 0.2) is 0 Å². The minimum atomic E-state index is -1.82. The van der Waals surface area contributed by atoms with Crippen molar-refractivity contribution in [2.75, 3.05) is 18.4 Å². The van der Waals surface area contributed by atoms with E-state index in [0.29, 0.717) is 6.42 Å². The van der Waals surface area contributed by atoms with Crippen molar-refractivity contribution >= 4 is 23.5 Å². The number of amides is 1. The molecule has 1 amide bonds. The molecule has 148 valence electrons. The van der Waals surface area contributed by atoms with Gasteiger partial charge in [-0.2, -0.15) is 0 Å². The Kier molecular flexibility index (Phi) is 7.71. The molecule has 0 fully saturated rings. The number of fused-ring (bicyclic) bond motifs is 1. The van der Waals surface area contributed by atoms with Gasteiger partial charge in [-0.15, -0.1) is 0 Å². The van der Waals surface area contributed by atoms with E-state index in [2.05, 4.69) is 34.5 Å². The first-order valence-corrected chi connectivity index (χ1v) is 8.97. The molecule has 0 aromatic heterocycles. The van der Waals surface area contributed by atoms with Crippen molar-refractivity contribution in [3.8, 4) is 0 Å². The Balaban J connectivity index is 0.000000409. The fourth-order valence-electron chi connectivity index (χ4n) is 2.93. The molecule has 1 heterocycles. The number of aryl methyl sites for hydroxylation is 1. The van der Waals surface area contributed by atoms with Crippen molar-refractivity contribution in [2.24, 2.45) is 0 Å². The molecule has 3 N–H and O–H groups in total. The van der Waals surface area contributed by atoms with Gasteiger partial charge in [-0.25, -0.2) is 9.59 Å². The quantitative estimate of drug-likeness (QED) is 0.700. The Bertz CT molecular complexity index is 838. The van der Waals surface area contributed by atoms with Crippen LogP contribution in [0.15, 0.2) is 48.5 Å². The number of hydrogen-bond acceptors (Lipinski definition) is 4. The van der Waals surface area contributed by atoms with Crippen LogP contribution in [0.25, 0.3) is 0 Å². The first kappa shape index (κ1) is 21.1. The number of carboxylic acid groups (broad SMARTS) is 2. The summed E-state index contributed by atoms with van der Waals surface area (Å²) in [5, 5.41) is 17.8. The summed E-state index contributed by atoms with van der Waals surface area (Å²) in [6.45, 7) is 4.81. The molecule has 1 aliphatic heterocycles. The fraction of sp³-hybridized carbons (Fsp3) is 0.286. The van der Waals surface area contributed by atoms with E-state index in [0.717, 1.165) is 37.3 Å². The summed E-state index contributed by atoms with van der Waals surface area (Å²) in [5.74, 6) is -3.56. The van der Waals surface area contributed by atoms with E-state index in [9.17, 15) is 4.79 Å². The Morgan fingerprint density at radius 2 is 1.57 bits per heavy atom. The molecular weight excluding hydrogens is 360 g/mol. The molecule has 0 bridgehead atoms. The second-order valence-corrected chi connectivity index (χ2v) is 6.52. The highest BCUT2D eigenvalue weighted by molar-refractivity contribution is 6.27. The number of nitrogens with zero attached hydrogens (tertiary/aromatic N) is 1. The number of carbonyl (C=O) groups excluding carboxylic acids is 1. The highest BCUT2D eigenvalue weighted by Gasteiger charge is 2.16. The number of rotatable bonds is 4. The molecule has 0 unspecified atom stereocenters. The molecule has 7 heteroatoms. The molecule has 2 aromatic rings. The molecule has 0 saturated carbocycles. The van der Waals surface area contributed by atoms with E-state index >= 15 is 0 Å². The molecule has 0 saturated heterocycles. The van der Waals surface area contributed by atoms with Crippen molar-refractivity contribution in [1.82, 2.24) is 4.90 Å². The standard InChI is InChI=1S/C19H22N2O.C2H2O4/c1-15-6-2-5-9-18(15)20-19(22)11-13-21-12-10-16-7-3-4-8-17(16)14-21;3-1(4)2(5)6/h2-9H,10-14H2,1H3,(H,20,22);(H,3,4)(H,5,6). The smallest absolute Gasteiger partial charge is 0.414 e. The summed E-state index contributed by atoms with van der Waals surface area (Å²) in [6, 6.07) is 16.5. The number of anilines is 1. The zero-order valence-electron chi connectivity index (χ0n) is 15.7. The maximum Gasteiger partial charge on any atom is 0.414 e. The number of nitrogens with one attached hydrogen (secondary N) is 1. The number of para-hydroxylation sites is 1. The maximum absolute atomic E-state index is 12.1. The van der Waals surface area contributed by atoms with Gasteiger partial charge in [-0.3, -0.25) is 9.69 Å². The van der Waals surface area contributed by atoms with Crippen LogP contribution in [-0.2, 0) is 27.3 Å². The van der Waals surface area contributed by atoms with Gasteiger partial charge in [0.1, 0.15) is 0 Å². The van der Waals surface area contributed by atoms with E-state index in [-0.39, 0.29) is 5.91 Å². The summed E-state index contributed by atoms with van der Waals surface area (Å²) in [5.41, 5.74) is 4.86. The van der Waals surface area contributed by atoms with Crippen molar-refractivity contribution < 1.29 is 24.6 Å². The topological polar surface area (TPSA) is 107 Å². The number of aliphatic carboxylic acids is 2. The number of carbonyl (C=O) groups is 3. The van der Waals surface area contributed by atoms with Crippen molar-refractivity contribution in [3.05, 3.63) is 65.2 Å². The Labute approximate surface area is 163 Å². The SMILES string of the molecule is Cc1ccccc1NC(=O)CCN1CCc2ccccc2C1.O=C(O)C(=O)O. The van der Waals surface area contributed by atoms with Gasteiger partial charge < -0.3 is 15.5 Å². The van der Waals surface area contributed by atoms with Crippen LogP contribution in [-0.4, -0.2) is 46.0 Å². The van der Waals surface area contributed by atoms with Gasteiger partial charge in [-0.05, 0) is 36.1 Å². The van der Waals surface area contributed by atoms with E-state index in [1.165, 1.54) is 11.1 Å². The van der Waals surface area contributed by atoms with Crippen molar-refractivity contribution in [3.63, 3.8) is 0 Å². The molecule has 1 aliphatic rings. The Morgan fingerprint density at radius 1 is 0.964 bits per heavy atom. The molecular formula is C21H24N2O5. The normalized spacial score (nSPS) is 12.9. The lowest BCUT2D eigenvalue weighted by molar-refractivity contribution is -0.159. The van der Waals surface area contributed by atoms with Gasteiger partial charge in [0.25, 0.3) is 0 Å². The van der Waals surface area contributed by atoms with Crippen molar-refractivity contribution in [1.29, 1.82) is 0 Å². The predicted molar refractivity (Wildman–Crippen MR) is 105 cm³/mol. The summed E-state index contributed by atoms with van der Waals surface area (Å²) in [4.78, 5) is 32.7. The zero-order chi connectivity index (χ0) is 20.5. The lowest BCUT2D eigenvalue weighted by Crippen LogP contribution is -2.33. The second kappa shape index (κ2) is 10.2. The maximum atomic E-state index is 12.1. The molecule has 3 rings (SSSR count). The Hall–Kier alpha value is -3.19. The van der Waals surface area contributed by atoms with Crippen LogP contribution >= 0.6 is 0 Å². The summed E-state index contributed by atoms with van der Waals surface area (Å²) in [6.07, 6.45) is 1.62. The molecule has 2 aromatic carbocycles. The zero-order valence-corrected chi connectivity index (χ0v) is 15.7. The van der Waals surface area contributed by atoms with Crippen LogP contribution in [0.2, 0.25) is 0 Å². The molecule has 7 nitrogen and oxygen atoms in total. The minimum Gasteiger partial charge on any atom is -0.473 e. The molecule has 0 radical (unpaired) electrons. The summed E-state index contributed by atoms with van der Waals surface area (Å²) in [7, 11) is 0. The van der Waals surface area contributed by atoms with E-state index < -0.39 is 11.9 Å². The van der Waals surface area contributed by atoms with Crippen LogP contribution in [0.5, 0.6) is 0 Å². The average molecular weight is 384 g/mol. The van der Waals surface area contributed by atoms with Crippen LogP contribution in [0.4, 0.5) is 5.69 Å². The van der Waals surface area contributed by atoms with Gasteiger partial charge in [0.05, 0.1) is 0 Å². The van der Waals surface area contributed by atoms with Crippen molar-refractivity contribution in [2.45, 2.75) is 26.3 Å². The monoisotopic (exact) mass is 384 g/mol. The van der Waals surface area contributed by atoms with Crippen LogP contribution in [0.1, 0.15) is 23.1 Å². The predicted octanol–water partition coefficient (Wildman–Crippen LogP) is 2.54. The van der Waals surface area contributed by atoms with Crippen LogP contribution in [0, 0.1) is 6.92 Å². The fourth-order valence-corrected chi connectivity index (χ4v) is 2.93. The Morgan fingerprint density at radius 3 is 2.21 bits per heavy atom. The lowest BCUT2D eigenvalue weighted by atomic mass is 10.00. The first-order valence-electron chi connectivity index (χ1n) is 8.97. The lowest BCUT2D eigenvalue weighted by Gasteiger charge is -2.28. The van der Waals surface area contributed by atoms with E-state index in [4.69, 9.17) is 19.8 Å². The van der Waals surface area contributed by atoms with Gasteiger partial charge >= 0.3 is 11.9 Å². The number of hydrogen-bond donors (Lipinski definition) is 3. The number of carboxylic acids is 2. The van der Waals surface area contributed by atoms with Gasteiger partial charge in [0.2, 0.25) is 5.91 Å². The largest absolute Gasteiger partial charge is 0.473 e. The molecule has 0 aliphatic carbocycles. The molecule has 0 spiro atoms.